The first-order valence-electron chi connectivity index (χ1n) is 10.8. The molecule has 1 atom stereocenters. The molecule has 2 aliphatic heterocycles. The number of rotatable bonds is 7. The number of nitrogens with zero attached hydrogens (tertiary/aromatic N) is 2. The van der Waals surface area contributed by atoms with Crippen molar-refractivity contribution in [2.75, 3.05) is 32.7 Å². The van der Waals surface area contributed by atoms with E-state index >= 15 is 0 Å². The summed E-state index contributed by atoms with van der Waals surface area (Å²) in [4.78, 5) is 15.4. The van der Waals surface area contributed by atoms with Gasteiger partial charge in [-0.25, -0.2) is 8.42 Å². The van der Waals surface area contributed by atoms with E-state index in [-0.39, 0.29) is 21.5 Å². The van der Waals surface area contributed by atoms with E-state index < -0.39 is 15.9 Å². The number of amides is 1. The van der Waals surface area contributed by atoms with Crippen LogP contribution in [0.5, 0.6) is 0 Å². The van der Waals surface area contributed by atoms with Crippen LogP contribution >= 0.6 is 11.6 Å². The summed E-state index contributed by atoms with van der Waals surface area (Å²) >= 11 is 6.27. The first-order chi connectivity index (χ1) is 15.0. The molecule has 3 heterocycles. The molecule has 4 rings (SSSR count). The van der Waals surface area contributed by atoms with Crippen LogP contribution in [0.3, 0.4) is 0 Å². The molecule has 0 aliphatic carbocycles. The van der Waals surface area contributed by atoms with Crippen molar-refractivity contribution in [2.45, 2.75) is 43.0 Å². The smallest absolute Gasteiger partial charge is 0.252 e. The van der Waals surface area contributed by atoms with Gasteiger partial charge >= 0.3 is 0 Å². The second kappa shape index (κ2) is 9.73. The standard InChI is InChI=1S/C22H28ClN3O4S/c23-19-9-8-17(31(28,29)26-12-4-5-13-26)15-18(19)22(27)24-16-20(21-7-6-14-30-21)25-10-2-1-3-11-25/h6-9,14-15,20H,1-5,10-13,16H2,(H,24,27). The van der Waals surface area contributed by atoms with Gasteiger partial charge in [0, 0.05) is 19.6 Å². The number of hydrogen-bond donors (Lipinski definition) is 1. The molecule has 1 aromatic heterocycles. The minimum absolute atomic E-state index is 0.0745. The molecule has 0 bridgehead atoms. The Kier molecular flexibility index (Phi) is 7.01. The van der Waals surface area contributed by atoms with Crippen molar-refractivity contribution < 1.29 is 17.6 Å². The van der Waals surface area contributed by atoms with Gasteiger partial charge in [0.2, 0.25) is 10.0 Å². The molecule has 0 saturated carbocycles. The second-order valence-electron chi connectivity index (χ2n) is 8.09. The molecule has 1 aromatic carbocycles. The molecule has 9 heteroatoms. The SMILES string of the molecule is O=C(NCC(c1ccco1)N1CCCCC1)c1cc(S(=O)(=O)N2CCCC2)ccc1Cl. The van der Waals surface area contributed by atoms with Gasteiger partial charge in [0.15, 0.2) is 0 Å². The van der Waals surface area contributed by atoms with Crippen LogP contribution < -0.4 is 5.32 Å². The fraction of sp³-hybridized carbons (Fsp3) is 0.500. The highest BCUT2D eigenvalue weighted by atomic mass is 35.5. The van der Waals surface area contributed by atoms with E-state index in [1.54, 1.807) is 6.26 Å². The van der Waals surface area contributed by atoms with Gasteiger partial charge in [-0.05, 0) is 69.1 Å². The zero-order chi connectivity index (χ0) is 21.8. The summed E-state index contributed by atoms with van der Waals surface area (Å²) < 4.78 is 32.8. The van der Waals surface area contributed by atoms with Crippen LogP contribution in [0, 0.1) is 0 Å². The zero-order valence-corrected chi connectivity index (χ0v) is 19.0. The quantitative estimate of drug-likeness (QED) is 0.674. The fourth-order valence-corrected chi connectivity index (χ4v) is 6.07. The number of benzene rings is 1. The lowest BCUT2D eigenvalue weighted by molar-refractivity contribution is 0.0914. The monoisotopic (exact) mass is 465 g/mol. The van der Waals surface area contributed by atoms with Crippen LogP contribution in [-0.4, -0.2) is 56.3 Å². The van der Waals surface area contributed by atoms with Gasteiger partial charge in [0.05, 0.1) is 27.8 Å². The number of carbonyl (C=O) groups is 1. The highest BCUT2D eigenvalue weighted by Crippen LogP contribution is 2.27. The molecule has 1 N–H and O–H groups in total. The van der Waals surface area contributed by atoms with Crippen LogP contribution in [0.1, 0.15) is 54.3 Å². The summed E-state index contributed by atoms with van der Waals surface area (Å²) in [5.74, 6) is 0.413. The van der Waals surface area contributed by atoms with Crippen molar-refractivity contribution in [3.8, 4) is 0 Å². The molecule has 2 aliphatic rings. The largest absolute Gasteiger partial charge is 0.468 e. The average molecular weight is 466 g/mol. The van der Waals surface area contributed by atoms with Gasteiger partial charge < -0.3 is 9.73 Å². The maximum atomic E-state index is 13.0. The predicted octanol–water partition coefficient (Wildman–Crippen LogP) is 3.67. The topological polar surface area (TPSA) is 82.9 Å². The highest BCUT2D eigenvalue weighted by Gasteiger charge is 2.29. The van der Waals surface area contributed by atoms with Crippen LogP contribution in [-0.2, 0) is 10.0 Å². The van der Waals surface area contributed by atoms with Crippen LogP contribution in [0.4, 0.5) is 0 Å². The van der Waals surface area contributed by atoms with E-state index in [1.165, 1.54) is 28.9 Å². The molecule has 7 nitrogen and oxygen atoms in total. The molecular weight excluding hydrogens is 438 g/mol. The van der Waals surface area contributed by atoms with Gasteiger partial charge in [-0.1, -0.05) is 18.0 Å². The van der Waals surface area contributed by atoms with Gasteiger partial charge in [0.25, 0.3) is 5.91 Å². The Morgan fingerprint density at radius 2 is 1.77 bits per heavy atom. The van der Waals surface area contributed by atoms with Crippen LogP contribution in [0.2, 0.25) is 5.02 Å². The lowest BCUT2D eigenvalue weighted by Crippen LogP contribution is -2.40. The molecule has 168 valence electrons. The summed E-state index contributed by atoms with van der Waals surface area (Å²) in [6, 6.07) is 8.02. The van der Waals surface area contributed by atoms with E-state index in [2.05, 4.69) is 10.2 Å². The minimum atomic E-state index is -3.62. The molecule has 0 spiro atoms. The predicted molar refractivity (Wildman–Crippen MR) is 119 cm³/mol. The highest BCUT2D eigenvalue weighted by molar-refractivity contribution is 7.89. The first-order valence-corrected chi connectivity index (χ1v) is 12.6. The number of sulfonamides is 1. The summed E-state index contributed by atoms with van der Waals surface area (Å²) in [7, 11) is -3.62. The van der Waals surface area contributed by atoms with Crippen molar-refractivity contribution in [2.24, 2.45) is 0 Å². The van der Waals surface area contributed by atoms with Crippen LogP contribution in [0.25, 0.3) is 0 Å². The Morgan fingerprint density at radius 1 is 1.06 bits per heavy atom. The van der Waals surface area contributed by atoms with E-state index in [0.717, 1.165) is 44.5 Å². The minimum Gasteiger partial charge on any atom is -0.468 e. The number of nitrogens with one attached hydrogen (secondary N) is 1. The Hall–Kier alpha value is -1.87. The lowest BCUT2D eigenvalue weighted by atomic mass is 10.1. The van der Waals surface area contributed by atoms with Crippen LogP contribution in [0.15, 0.2) is 45.9 Å². The van der Waals surface area contributed by atoms with Crippen molar-refractivity contribution in [3.63, 3.8) is 0 Å². The number of piperidine rings is 1. The van der Waals surface area contributed by atoms with Crippen molar-refractivity contribution in [1.82, 2.24) is 14.5 Å². The van der Waals surface area contributed by atoms with E-state index in [0.29, 0.717) is 19.6 Å². The third kappa shape index (κ3) is 4.98. The molecule has 1 amide bonds. The van der Waals surface area contributed by atoms with Crippen molar-refractivity contribution in [1.29, 1.82) is 0 Å². The van der Waals surface area contributed by atoms with Crippen molar-refractivity contribution in [3.05, 3.63) is 52.9 Å². The fourth-order valence-electron chi connectivity index (χ4n) is 4.32. The average Bonchev–Trinajstić information content (AvgIpc) is 3.50. The Labute approximate surface area is 188 Å². The Bertz CT molecular complexity index is 998. The first kappa shape index (κ1) is 22.3. The normalized spacial score (nSPS) is 19.4. The number of likely N-dealkylation sites (tertiary alicyclic amines) is 1. The molecule has 0 radical (unpaired) electrons. The number of halogens is 1. The number of carbonyl (C=O) groups excluding carboxylic acids is 1. The Morgan fingerprint density at radius 3 is 2.45 bits per heavy atom. The number of furan rings is 1. The van der Waals surface area contributed by atoms with Gasteiger partial charge in [-0.2, -0.15) is 4.31 Å². The summed E-state index contributed by atoms with van der Waals surface area (Å²) in [6.45, 7) is 3.27. The maximum absolute atomic E-state index is 13.0. The van der Waals surface area contributed by atoms with E-state index in [4.69, 9.17) is 16.0 Å². The molecule has 1 unspecified atom stereocenters. The lowest BCUT2D eigenvalue weighted by Gasteiger charge is -2.33. The maximum Gasteiger partial charge on any atom is 0.252 e. The number of hydrogen-bond acceptors (Lipinski definition) is 5. The van der Waals surface area contributed by atoms with Gasteiger partial charge in [0.1, 0.15) is 5.76 Å². The summed E-state index contributed by atoms with van der Waals surface area (Å²) in [6.07, 6.45) is 6.79. The Balaban J connectivity index is 1.51. The summed E-state index contributed by atoms with van der Waals surface area (Å²) in [5, 5.41) is 3.17. The molecule has 2 fully saturated rings. The molecule has 2 saturated heterocycles. The third-order valence-corrected chi connectivity index (χ3v) is 8.27. The van der Waals surface area contributed by atoms with Gasteiger partial charge in [-0.3, -0.25) is 9.69 Å². The zero-order valence-electron chi connectivity index (χ0n) is 17.4. The third-order valence-electron chi connectivity index (χ3n) is 6.04. The van der Waals surface area contributed by atoms with E-state index in [1.807, 2.05) is 12.1 Å². The van der Waals surface area contributed by atoms with E-state index in [9.17, 15) is 13.2 Å². The second-order valence-corrected chi connectivity index (χ2v) is 10.4. The molecule has 2 aromatic rings. The molecule has 31 heavy (non-hydrogen) atoms. The summed E-state index contributed by atoms with van der Waals surface area (Å²) in [5.41, 5.74) is 0.166. The molecular formula is C22H28ClN3O4S. The van der Waals surface area contributed by atoms with Gasteiger partial charge in [-0.15, -0.1) is 0 Å². The van der Waals surface area contributed by atoms with Crippen molar-refractivity contribution >= 4 is 27.5 Å².